The molecule has 1 N–H and O–H groups in total. The normalized spacial score (nSPS) is 16.6. The van der Waals surface area contributed by atoms with Crippen molar-refractivity contribution in [2.45, 2.75) is 55.4 Å². The molecule has 0 unspecified atom stereocenters. The fourth-order valence-corrected chi connectivity index (χ4v) is 4.64. The van der Waals surface area contributed by atoms with E-state index in [2.05, 4.69) is 5.32 Å². The molecule has 1 amide bonds. The SMILES string of the molecule is COC(=O)C1(NC(=O)CCCN(C)S(=O)(=O)c2ccc(F)cc2)CCCCC1. The van der Waals surface area contributed by atoms with Crippen LogP contribution in [-0.2, 0) is 24.3 Å². The minimum absolute atomic E-state index is 0.00676. The maximum Gasteiger partial charge on any atom is 0.331 e. The molecule has 0 saturated heterocycles. The molecule has 1 aromatic carbocycles. The van der Waals surface area contributed by atoms with Gasteiger partial charge in [0.2, 0.25) is 15.9 Å². The molecule has 1 aliphatic carbocycles. The Hall–Kier alpha value is -2.00. The molecule has 0 heterocycles. The van der Waals surface area contributed by atoms with Crippen LogP contribution in [0.2, 0.25) is 0 Å². The van der Waals surface area contributed by atoms with Crippen molar-refractivity contribution < 1.29 is 27.1 Å². The molecule has 156 valence electrons. The summed E-state index contributed by atoms with van der Waals surface area (Å²) in [4.78, 5) is 24.5. The van der Waals surface area contributed by atoms with Crippen LogP contribution in [0.1, 0.15) is 44.9 Å². The minimum Gasteiger partial charge on any atom is -0.467 e. The van der Waals surface area contributed by atoms with Crippen LogP contribution in [0.4, 0.5) is 4.39 Å². The Balaban J connectivity index is 1.90. The van der Waals surface area contributed by atoms with Gasteiger partial charge in [-0.3, -0.25) is 4.79 Å². The third kappa shape index (κ3) is 5.29. The lowest BCUT2D eigenvalue weighted by Crippen LogP contribution is -2.56. The summed E-state index contributed by atoms with van der Waals surface area (Å²) >= 11 is 0. The molecule has 0 spiro atoms. The van der Waals surface area contributed by atoms with E-state index in [9.17, 15) is 22.4 Å². The number of carbonyl (C=O) groups excluding carboxylic acids is 2. The lowest BCUT2D eigenvalue weighted by atomic mass is 9.81. The van der Waals surface area contributed by atoms with Crippen molar-refractivity contribution in [2.24, 2.45) is 0 Å². The Kier molecular flexibility index (Phi) is 7.54. The van der Waals surface area contributed by atoms with Gasteiger partial charge < -0.3 is 10.1 Å². The van der Waals surface area contributed by atoms with Crippen molar-refractivity contribution in [3.63, 3.8) is 0 Å². The highest BCUT2D eigenvalue weighted by Gasteiger charge is 2.41. The van der Waals surface area contributed by atoms with Crippen molar-refractivity contribution in [1.82, 2.24) is 9.62 Å². The van der Waals surface area contributed by atoms with Gasteiger partial charge in [-0.2, -0.15) is 0 Å². The van der Waals surface area contributed by atoms with Gasteiger partial charge in [0.05, 0.1) is 12.0 Å². The number of hydrogen-bond acceptors (Lipinski definition) is 5. The van der Waals surface area contributed by atoms with E-state index < -0.39 is 27.3 Å². The van der Waals surface area contributed by atoms with Crippen molar-refractivity contribution in [1.29, 1.82) is 0 Å². The van der Waals surface area contributed by atoms with Gasteiger partial charge in [0.1, 0.15) is 11.4 Å². The molecule has 1 aliphatic rings. The van der Waals surface area contributed by atoms with Gasteiger partial charge in [-0.05, 0) is 43.5 Å². The first-order valence-electron chi connectivity index (χ1n) is 9.33. The zero-order valence-electron chi connectivity index (χ0n) is 16.2. The Bertz CT molecular complexity index is 789. The lowest BCUT2D eigenvalue weighted by molar-refractivity contribution is -0.152. The number of esters is 1. The predicted molar refractivity (Wildman–Crippen MR) is 101 cm³/mol. The number of amides is 1. The summed E-state index contributed by atoms with van der Waals surface area (Å²) in [7, 11) is -1.03. The van der Waals surface area contributed by atoms with E-state index in [1.165, 1.54) is 26.3 Å². The molecular formula is C19H27FN2O5S. The zero-order chi connectivity index (χ0) is 20.8. The molecule has 1 saturated carbocycles. The first-order valence-corrected chi connectivity index (χ1v) is 10.8. The largest absolute Gasteiger partial charge is 0.467 e. The molecule has 7 nitrogen and oxygen atoms in total. The van der Waals surface area contributed by atoms with Crippen LogP contribution in [0.3, 0.4) is 0 Å². The third-order valence-corrected chi connectivity index (χ3v) is 6.93. The lowest BCUT2D eigenvalue weighted by Gasteiger charge is -2.35. The summed E-state index contributed by atoms with van der Waals surface area (Å²) < 4.78 is 43.9. The molecule has 0 radical (unpaired) electrons. The maximum absolute atomic E-state index is 13.0. The number of hydrogen-bond donors (Lipinski definition) is 1. The molecule has 2 rings (SSSR count). The van der Waals surface area contributed by atoms with Gasteiger partial charge in [-0.1, -0.05) is 19.3 Å². The number of halogens is 1. The second kappa shape index (κ2) is 9.47. The average Bonchev–Trinajstić information content (AvgIpc) is 2.68. The van der Waals surface area contributed by atoms with Crippen LogP contribution < -0.4 is 5.32 Å². The Morgan fingerprint density at radius 2 is 1.79 bits per heavy atom. The Morgan fingerprint density at radius 1 is 1.18 bits per heavy atom. The van der Waals surface area contributed by atoms with Gasteiger partial charge >= 0.3 is 5.97 Å². The molecule has 0 bridgehead atoms. The van der Waals surface area contributed by atoms with Gasteiger partial charge in [0, 0.05) is 20.0 Å². The first kappa shape index (κ1) is 22.3. The van der Waals surface area contributed by atoms with Crippen molar-refractivity contribution in [2.75, 3.05) is 20.7 Å². The van der Waals surface area contributed by atoms with Crippen LogP contribution in [0.25, 0.3) is 0 Å². The standard InChI is InChI=1S/C19H27FN2O5S/c1-22(28(25,26)16-10-8-15(20)9-11-16)14-6-7-17(23)21-19(18(24)27-2)12-4-3-5-13-19/h8-11H,3-7,12-14H2,1-2H3,(H,21,23). The van der Waals surface area contributed by atoms with Crippen LogP contribution >= 0.6 is 0 Å². The summed E-state index contributed by atoms with van der Waals surface area (Å²) in [6, 6.07) is 4.59. The van der Waals surface area contributed by atoms with Crippen molar-refractivity contribution >= 4 is 21.9 Å². The number of ether oxygens (including phenoxy) is 1. The van der Waals surface area contributed by atoms with Crippen molar-refractivity contribution in [3.05, 3.63) is 30.1 Å². The van der Waals surface area contributed by atoms with E-state index in [-0.39, 0.29) is 23.8 Å². The number of nitrogens with zero attached hydrogens (tertiary/aromatic N) is 1. The predicted octanol–water partition coefficient (Wildman–Crippen LogP) is 2.22. The van der Waals surface area contributed by atoms with E-state index in [1.54, 1.807) is 0 Å². The highest BCUT2D eigenvalue weighted by atomic mass is 32.2. The second-order valence-corrected chi connectivity index (χ2v) is 9.11. The van der Waals surface area contributed by atoms with E-state index >= 15 is 0 Å². The average molecular weight is 414 g/mol. The highest BCUT2D eigenvalue weighted by molar-refractivity contribution is 7.89. The van der Waals surface area contributed by atoms with Crippen LogP contribution in [-0.4, -0.2) is 50.8 Å². The topological polar surface area (TPSA) is 92.8 Å². The number of methoxy groups -OCH3 is 1. The summed E-state index contributed by atoms with van der Waals surface area (Å²) in [5, 5.41) is 2.81. The minimum atomic E-state index is -3.75. The molecule has 1 fully saturated rings. The smallest absolute Gasteiger partial charge is 0.331 e. The van der Waals surface area contributed by atoms with E-state index in [1.807, 2.05) is 0 Å². The number of benzene rings is 1. The monoisotopic (exact) mass is 414 g/mol. The second-order valence-electron chi connectivity index (χ2n) is 7.07. The van der Waals surface area contributed by atoms with Crippen LogP contribution in [0, 0.1) is 5.82 Å². The molecule has 0 aromatic heterocycles. The quantitative estimate of drug-likeness (QED) is 0.659. The zero-order valence-corrected chi connectivity index (χ0v) is 17.1. The van der Waals surface area contributed by atoms with E-state index in [0.717, 1.165) is 35.7 Å². The van der Waals surface area contributed by atoms with Crippen LogP contribution in [0.5, 0.6) is 0 Å². The molecule has 9 heteroatoms. The Labute approximate surface area is 165 Å². The number of sulfonamides is 1. The van der Waals surface area contributed by atoms with Crippen molar-refractivity contribution in [3.8, 4) is 0 Å². The van der Waals surface area contributed by atoms with Gasteiger partial charge in [-0.25, -0.2) is 21.9 Å². The van der Waals surface area contributed by atoms with Crippen LogP contribution in [0.15, 0.2) is 29.2 Å². The third-order valence-electron chi connectivity index (χ3n) is 5.06. The van der Waals surface area contributed by atoms with E-state index in [0.29, 0.717) is 19.3 Å². The fraction of sp³-hybridized carbons (Fsp3) is 0.579. The molecule has 1 aromatic rings. The summed E-state index contributed by atoms with van der Waals surface area (Å²) in [6.45, 7) is 0.123. The molecule has 0 atom stereocenters. The molecular weight excluding hydrogens is 387 g/mol. The summed E-state index contributed by atoms with van der Waals surface area (Å²) in [5.41, 5.74) is -0.976. The first-order chi connectivity index (χ1) is 13.2. The Morgan fingerprint density at radius 3 is 2.36 bits per heavy atom. The molecule has 0 aliphatic heterocycles. The van der Waals surface area contributed by atoms with Gasteiger partial charge in [0.15, 0.2) is 0 Å². The number of nitrogens with one attached hydrogen (secondary N) is 1. The highest BCUT2D eigenvalue weighted by Crippen LogP contribution is 2.29. The summed E-state index contributed by atoms with van der Waals surface area (Å²) in [6.07, 6.45) is 4.17. The molecule has 28 heavy (non-hydrogen) atoms. The number of rotatable bonds is 8. The van der Waals surface area contributed by atoms with E-state index in [4.69, 9.17) is 4.74 Å². The fourth-order valence-electron chi connectivity index (χ4n) is 3.43. The maximum atomic E-state index is 13.0. The van der Waals surface area contributed by atoms with Gasteiger partial charge in [0.25, 0.3) is 0 Å². The van der Waals surface area contributed by atoms with Gasteiger partial charge in [-0.15, -0.1) is 0 Å². The summed E-state index contributed by atoms with van der Waals surface area (Å²) in [5.74, 6) is -1.25. The number of carbonyl (C=O) groups is 2.